The predicted molar refractivity (Wildman–Crippen MR) is 114 cm³/mol. The van der Waals surface area contributed by atoms with Crippen LogP contribution in [0, 0.1) is 5.82 Å². The van der Waals surface area contributed by atoms with Gasteiger partial charge in [-0.2, -0.15) is 0 Å². The van der Waals surface area contributed by atoms with Crippen LogP contribution in [-0.4, -0.2) is 23.6 Å². The lowest BCUT2D eigenvalue weighted by atomic mass is 9.90. The molecular formula is C23H22ClFN2O2. The van der Waals surface area contributed by atoms with Crippen molar-refractivity contribution in [2.45, 2.75) is 32.4 Å². The van der Waals surface area contributed by atoms with Crippen LogP contribution in [0.3, 0.4) is 0 Å². The van der Waals surface area contributed by atoms with Crippen molar-refractivity contribution in [3.05, 3.63) is 75.7 Å². The zero-order valence-corrected chi connectivity index (χ0v) is 17.0. The minimum Gasteiger partial charge on any atom is -0.463 e. The number of benzene rings is 2. The number of halogens is 2. The summed E-state index contributed by atoms with van der Waals surface area (Å²) in [6.45, 7) is 4.10. The lowest BCUT2D eigenvalue weighted by molar-refractivity contribution is -0.137. The molecule has 6 heteroatoms. The third-order valence-electron chi connectivity index (χ3n) is 5.19. The van der Waals surface area contributed by atoms with Crippen LogP contribution in [0.5, 0.6) is 0 Å². The first-order chi connectivity index (χ1) is 14.0. The number of carbonyl (C=O) groups excluding carboxylic acids is 1. The maximum absolute atomic E-state index is 15.2. The number of carbonyl (C=O) groups is 1. The molecule has 0 saturated carbocycles. The van der Waals surface area contributed by atoms with Crippen LogP contribution in [0.2, 0.25) is 5.02 Å². The van der Waals surface area contributed by atoms with E-state index in [0.717, 1.165) is 23.0 Å². The summed E-state index contributed by atoms with van der Waals surface area (Å²) in [6, 6.07) is 10.9. The minimum atomic E-state index is -0.474. The minimum absolute atomic E-state index is 0.172. The third kappa shape index (κ3) is 3.80. The molecule has 29 heavy (non-hydrogen) atoms. The van der Waals surface area contributed by atoms with Gasteiger partial charge in [-0.05, 0) is 55.7 Å². The van der Waals surface area contributed by atoms with Crippen molar-refractivity contribution in [1.82, 2.24) is 10.3 Å². The Kier molecular flexibility index (Phi) is 5.43. The second-order valence-electron chi connectivity index (χ2n) is 7.25. The van der Waals surface area contributed by atoms with Crippen LogP contribution >= 0.6 is 11.6 Å². The third-order valence-corrected chi connectivity index (χ3v) is 5.50. The van der Waals surface area contributed by atoms with E-state index in [2.05, 4.69) is 23.3 Å². The second kappa shape index (κ2) is 8.01. The number of aromatic nitrogens is 1. The first-order valence-corrected chi connectivity index (χ1v) is 10.0. The number of hydrogen-bond acceptors (Lipinski definition) is 3. The van der Waals surface area contributed by atoms with Gasteiger partial charge < -0.3 is 15.0 Å². The van der Waals surface area contributed by atoms with Gasteiger partial charge in [0.1, 0.15) is 5.82 Å². The Bertz CT molecular complexity index is 1080. The maximum atomic E-state index is 15.2. The number of fused-ring (bicyclic) bond motifs is 3. The summed E-state index contributed by atoms with van der Waals surface area (Å²) in [5.41, 5.74) is 4.08. The summed E-state index contributed by atoms with van der Waals surface area (Å²) >= 11 is 6.51. The van der Waals surface area contributed by atoms with E-state index in [1.54, 1.807) is 13.0 Å². The quantitative estimate of drug-likeness (QED) is 0.459. The molecule has 150 valence electrons. The first kappa shape index (κ1) is 19.7. The number of hydrogen-bond donors (Lipinski definition) is 2. The molecule has 0 spiro atoms. The standard InChI is InChI=1S/C23H22ClFN2O2/c1-3-29-20(28)9-8-14-11-17(24)21(18(25)12-14)23-22-16(10-13(2)26-23)15-6-4-5-7-19(15)27-22/h4-9,11-13,23,26-27H,3,10H2,1-2H3/b9-8+/t13-,23-/m1/s1. The average Bonchev–Trinajstić information content (AvgIpc) is 3.05. The van der Waals surface area contributed by atoms with Gasteiger partial charge >= 0.3 is 5.97 Å². The van der Waals surface area contributed by atoms with Gasteiger partial charge in [0.05, 0.1) is 12.6 Å². The highest BCUT2D eigenvalue weighted by Gasteiger charge is 2.31. The van der Waals surface area contributed by atoms with Gasteiger partial charge in [0.2, 0.25) is 0 Å². The normalized spacial score (nSPS) is 18.9. The number of rotatable bonds is 4. The Hall–Kier alpha value is -2.63. The zero-order chi connectivity index (χ0) is 20.5. The van der Waals surface area contributed by atoms with Crippen LogP contribution in [-0.2, 0) is 16.0 Å². The van der Waals surface area contributed by atoms with Crippen LogP contribution in [0.15, 0.2) is 42.5 Å². The SMILES string of the molecule is CCOC(=O)/C=C/c1cc(F)c([C@H]2N[C@H](C)Cc3c2[nH]c2ccccc32)c(Cl)c1. The summed E-state index contributed by atoms with van der Waals surface area (Å²) < 4.78 is 20.0. The summed E-state index contributed by atoms with van der Waals surface area (Å²) in [6.07, 6.45) is 3.63. The van der Waals surface area contributed by atoms with Crippen LogP contribution in [0.25, 0.3) is 17.0 Å². The molecule has 0 aliphatic carbocycles. The lowest BCUT2D eigenvalue weighted by Crippen LogP contribution is -2.38. The van der Waals surface area contributed by atoms with E-state index in [9.17, 15) is 4.79 Å². The molecule has 0 amide bonds. The Morgan fingerprint density at radius 2 is 2.14 bits per heavy atom. The highest BCUT2D eigenvalue weighted by Crippen LogP contribution is 2.39. The molecule has 0 unspecified atom stereocenters. The first-order valence-electron chi connectivity index (χ1n) is 9.67. The van der Waals surface area contributed by atoms with Gasteiger partial charge in [-0.1, -0.05) is 29.8 Å². The number of ether oxygens (including phenoxy) is 1. The summed E-state index contributed by atoms with van der Waals surface area (Å²) in [5, 5.41) is 4.94. The van der Waals surface area contributed by atoms with Crippen molar-refractivity contribution in [3.63, 3.8) is 0 Å². The number of aromatic amines is 1. The molecule has 1 aliphatic rings. The molecule has 1 aromatic heterocycles. The van der Waals surface area contributed by atoms with Gasteiger partial charge in [0.15, 0.2) is 0 Å². The highest BCUT2D eigenvalue weighted by molar-refractivity contribution is 6.31. The molecule has 4 rings (SSSR count). The smallest absolute Gasteiger partial charge is 0.330 e. The summed E-state index contributed by atoms with van der Waals surface area (Å²) in [4.78, 5) is 15.0. The van der Waals surface area contributed by atoms with Gasteiger partial charge in [0, 0.05) is 39.3 Å². The number of nitrogens with one attached hydrogen (secondary N) is 2. The fourth-order valence-corrected chi connectivity index (χ4v) is 4.30. The number of esters is 1. The molecule has 2 atom stereocenters. The molecule has 2 heterocycles. The van der Waals surface area contributed by atoms with Crippen molar-refractivity contribution < 1.29 is 13.9 Å². The molecule has 0 saturated heterocycles. The van der Waals surface area contributed by atoms with Crippen molar-refractivity contribution in [2.75, 3.05) is 6.61 Å². The maximum Gasteiger partial charge on any atom is 0.330 e. The Labute approximate surface area is 173 Å². The predicted octanol–water partition coefficient (Wildman–Crippen LogP) is 5.16. The van der Waals surface area contributed by atoms with Gasteiger partial charge in [-0.15, -0.1) is 0 Å². The molecule has 0 radical (unpaired) electrons. The molecule has 4 nitrogen and oxygen atoms in total. The fourth-order valence-electron chi connectivity index (χ4n) is 3.98. The van der Waals surface area contributed by atoms with Crippen molar-refractivity contribution in [1.29, 1.82) is 0 Å². The van der Waals surface area contributed by atoms with Gasteiger partial charge in [-0.3, -0.25) is 0 Å². The largest absolute Gasteiger partial charge is 0.463 e. The molecule has 0 fully saturated rings. The highest BCUT2D eigenvalue weighted by atomic mass is 35.5. The van der Waals surface area contributed by atoms with E-state index in [-0.39, 0.29) is 18.7 Å². The van der Waals surface area contributed by atoms with Crippen molar-refractivity contribution in [3.8, 4) is 0 Å². The van der Waals surface area contributed by atoms with Crippen molar-refractivity contribution >= 4 is 34.5 Å². The van der Waals surface area contributed by atoms with E-state index in [4.69, 9.17) is 16.3 Å². The van der Waals surface area contributed by atoms with E-state index in [1.807, 2.05) is 18.2 Å². The fraction of sp³-hybridized carbons (Fsp3) is 0.261. The Balaban J connectivity index is 1.75. The lowest BCUT2D eigenvalue weighted by Gasteiger charge is -2.30. The van der Waals surface area contributed by atoms with Crippen molar-refractivity contribution in [2.24, 2.45) is 0 Å². The summed E-state index contributed by atoms with van der Waals surface area (Å²) in [5.74, 6) is -0.893. The molecule has 2 aromatic carbocycles. The molecule has 1 aliphatic heterocycles. The van der Waals surface area contributed by atoms with Gasteiger partial charge in [0.25, 0.3) is 0 Å². The van der Waals surface area contributed by atoms with E-state index in [0.29, 0.717) is 16.1 Å². The number of H-pyrrole nitrogens is 1. The molecular weight excluding hydrogens is 391 g/mol. The monoisotopic (exact) mass is 412 g/mol. The van der Waals surface area contributed by atoms with Crippen LogP contribution < -0.4 is 5.32 Å². The van der Waals surface area contributed by atoms with E-state index < -0.39 is 11.8 Å². The van der Waals surface area contributed by atoms with Crippen LogP contribution in [0.4, 0.5) is 4.39 Å². The Morgan fingerprint density at radius 1 is 1.34 bits per heavy atom. The van der Waals surface area contributed by atoms with E-state index >= 15 is 4.39 Å². The van der Waals surface area contributed by atoms with E-state index in [1.165, 1.54) is 23.8 Å². The Morgan fingerprint density at radius 3 is 2.90 bits per heavy atom. The molecule has 3 aromatic rings. The summed E-state index contributed by atoms with van der Waals surface area (Å²) in [7, 11) is 0. The average molecular weight is 413 g/mol. The zero-order valence-electron chi connectivity index (χ0n) is 16.3. The molecule has 2 N–H and O–H groups in total. The topological polar surface area (TPSA) is 54.1 Å². The second-order valence-corrected chi connectivity index (χ2v) is 7.66. The van der Waals surface area contributed by atoms with Crippen LogP contribution in [0.1, 0.15) is 42.3 Å². The molecule has 0 bridgehead atoms. The van der Waals surface area contributed by atoms with Gasteiger partial charge in [-0.25, -0.2) is 9.18 Å². The number of para-hydroxylation sites is 1.